The van der Waals surface area contributed by atoms with E-state index in [2.05, 4.69) is 40.9 Å². The lowest BCUT2D eigenvalue weighted by molar-refractivity contribution is -0.119. The quantitative estimate of drug-likeness (QED) is 0.336. The van der Waals surface area contributed by atoms with E-state index in [0.29, 0.717) is 12.6 Å². The van der Waals surface area contributed by atoms with E-state index in [1.54, 1.807) is 0 Å². The minimum atomic E-state index is 0. The van der Waals surface area contributed by atoms with Crippen LogP contribution in [-0.4, -0.2) is 24.5 Å². The summed E-state index contributed by atoms with van der Waals surface area (Å²) >= 11 is 0. The first-order valence-corrected chi connectivity index (χ1v) is 9.60. The molecule has 26 heavy (non-hydrogen) atoms. The molecule has 0 aromatic heterocycles. The zero-order valence-corrected chi connectivity index (χ0v) is 18.1. The van der Waals surface area contributed by atoms with Gasteiger partial charge in [-0.25, -0.2) is 4.99 Å². The number of benzene rings is 1. The Morgan fingerprint density at radius 1 is 1.27 bits per heavy atom. The molecule has 2 saturated carbocycles. The highest BCUT2D eigenvalue weighted by molar-refractivity contribution is 14.0. The second-order valence-corrected chi connectivity index (χ2v) is 7.33. The van der Waals surface area contributed by atoms with E-state index in [-0.39, 0.29) is 35.8 Å². The average molecular weight is 470 g/mol. The van der Waals surface area contributed by atoms with Gasteiger partial charge in [0.1, 0.15) is 0 Å². The van der Waals surface area contributed by atoms with Gasteiger partial charge in [-0.2, -0.15) is 0 Å². The molecule has 0 radical (unpaired) electrons. The number of guanidine groups is 1. The van der Waals surface area contributed by atoms with Crippen molar-refractivity contribution in [3.05, 3.63) is 29.8 Å². The molecule has 2 aliphatic rings. The summed E-state index contributed by atoms with van der Waals surface area (Å²) in [6.07, 6.45) is 5.60. The molecule has 1 amide bonds. The van der Waals surface area contributed by atoms with Gasteiger partial charge in [0.15, 0.2) is 5.96 Å². The van der Waals surface area contributed by atoms with Crippen LogP contribution in [0.5, 0.6) is 0 Å². The molecule has 0 saturated heterocycles. The van der Waals surface area contributed by atoms with Crippen molar-refractivity contribution in [3.8, 4) is 0 Å². The summed E-state index contributed by atoms with van der Waals surface area (Å²) in [7, 11) is 0. The van der Waals surface area contributed by atoms with Crippen LogP contribution in [0.25, 0.3) is 0 Å². The predicted octanol–water partition coefficient (Wildman–Crippen LogP) is 3.90. The van der Waals surface area contributed by atoms with Crippen LogP contribution in [0.15, 0.2) is 29.3 Å². The van der Waals surface area contributed by atoms with Gasteiger partial charge in [0.25, 0.3) is 0 Å². The topological polar surface area (TPSA) is 65.5 Å². The molecule has 3 rings (SSSR count). The van der Waals surface area contributed by atoms with Crippen molar-refractivity contribution in [1.29, 1.82) is 0 Å². The highest BCUT2D eigenvalue weighted by Gasteiger charge is 2.33. The Morgan fingerprint density at radius 3 is 2.65 bits per heavy atom. The van der Waals surface area contributed by atoms with Crippen LogP contribution in [0.2, 0.25) is 0 Å². The van der Waals surface area contributed by atoms with Crippen molar-refractivity contribution in [3.63, 3.8) is 0 Å². The van der Waals surface area contributed by atoms with Gasteiger partial charge in [-0.05, 0) is 49.8 Å². The normalized spacial score (nSPS) is 22.5. The minimum absolute atomic E-state index is 0. The van der Waals surface area contributed by atoms with Crippen LogP contribution in [0.1, 0.15) is 51.5 Å². The number of halogens is 1. The third-order valence-electron chi connectivity index (χ3n) is 5.12. The molecule has 2 fully saturated rings. The molecule has 1 aromatic rings. The fourth-order valence-corrected chi connectivity index (χ4v) is 3.37. The third kappa shape index (κ3) is 6.14. The van der Waals surface area contributed by atoms with E-state index in [1.807, 2.05) is 18.2 Å². The first-order chi connectivity index (χ1) is 12.2. The summed E-state index contributed by atoms with van der Waals surface area (Å²) in [5.41, 5.74) is 1.98. The van der Waals surface area contributed by atoms with Gasteiger partial charge >= 0.3 is 0 Å². The van der Waals surface area contributed by atoms with E-state index in [0.717, 1.165) is 42.5 Å². The summed E-state index contributed by atoms with van der Waals surface area (Å²) in [5.74, 6) is 1.96. The van der Waals surface area contributed by atoms with Gasteiger partial charge in [0, 0.05) is 24.2 Å². The second-order valence-electron chi connectivity index (χ2n) is 7.33. The summed E-state index contributed by atoms with van der Waals surface area (Å²) in [6.45, 7) is 5.78. The predicted molar refractivity (Wildman–Crippen MR) is 118 cm³/mol. The molecule has 3 N–H and O–H groups in total. The van der Waals surface area contributed by atoms with Gasteiger partial charge in [-0.3, -0.25) is 4.79 Å². The maximum Gasteiger partial charge on any atom is 0.227 e. The number of aliphatic imine (C=N–C) groups is 1. The van der Waals surface area contributed by atoms with Gasteiger partial charge in [0.2, 0.25) is 5.91 Å². The van der Waals surface area contributed by atoms with E-state index in [4.69, 9.17) is 0 Å². The molecule has 2 atom stereocenters. The minimum Gasteiger partial charge on any atom is -0.357 e. The van der Waals surface area contributed by atoms with Crippen molar-refractivity contribution in [2.24, 2.45) is 16.8 Å². The van der Waals surface area contributed by atoms with Gasteiger partial charge in [-0.15, -0.1) is 24.0 Å². The molecule has 144 valence electrons. The number of hydrogen-bond acceptors (Lipinski definition) is 2. The zero-order valence-electron chi connectivity index (χ0n) is 15.8. The van der Waals surface area contributed by atoms with E-state index >= 15 is 0 Å². The molecule has 2 unspecified atom stereocenters. The third-order valence-corrected chi connectivity index (χ3v) is 5.12. The number of hydrogen-bond donors (Lipinski definition) is 3. The van der Waals surface area contributed by atoms with Crippen molar-refractivity contribution < 1.29 is 4.79 Å². The highest BCUT2D eigenvalue weighted by Crippen LogP contribution is 2.29. The maximum absolute atomic E-state index is 12.3. The summed E-state index contributed by atoms with van der Waals surface area (Å²) in [6, 6.07) is 8.57. The Labute approximate surface area is 173 Å². The smallest absolute Gasteiger partial charge is 0.227 e. The molecule has 5 nitrogen and oxygen atoms in total. The zero-order chi connectivity index (χ0) is 17.6. The summed E-state index contributed by atoms with van der Waals surface area (Å²) in [4.78, 5) is 17.0. The molecular formula is C20H31IN4O. The highest BCUT2D eigenvalue weighted by atomic mass is 127. The Morgan fingerprint density at radius 2 is 2.00 bits per heavy atom. The van der Waals surface area contributed by atoms with Crippen LogP contribution in [0.3, 0.4) is 0 Å². The Hall–Kier alpha value is -1.31. The first kappa shape index (κ1) is 21.0. The number of carbonyl (C=O) groups excluding carboxylic acids is 1. The maximum atomic E-state index is 12.3. The summed E-state index contributed by atoms with van der Waals surface area (Å²) < 4.78 is 0. The molecular weight excluding hydrogens is 439 g/mol. The van der Waals surface area contributed by atoms with Gasteiger partial charge in [-0.1, -0.05) is 31.9 Å². The van der Waals surface area contributed by atoms with Crippen LogP contribution >= 0.6 is 24.0 Å². The average Bonchev–Trinajstić information content (AvgIpc) is 3.07. The number of anilines is 1. The number of rotatable bonds is 6. The number of amides is 1. The van der Waals surface area contributed by atoms with Crippen LogP contribution in [-0.2, 0) is 11.3 Å². The molecule has 0 aliphatic heterocycles. The molecule has 2 aliphatic carbocycles. The lowest BCUT2D eigenvalue weighted by Crippen LogP contribution is -2.39. The monoisotopic (exact) mass is 470 g/mol. The van der Waals surface area contributed by atoms with E-state index in [9.17, 15) is 4.79 Å². The van der Waals surface area contributed by atoms with Gasteiger partial charge < -0.3 is 16.0 Å². The van der Waals surface area contributed by atoms with Gasteiger partial charge in [0.05, 0.1) is 6.54 Å². The van der Waals surface area contributed by atoms with Crippen LogP contribution in [0.4, 0.5) is 5.69 Å². The molecule has 6 heteroatoms. The number of carbonyl (C=O) groups is 1. The molecule has 0 heterocycles. The van der Waals surface area contributed by atoms with Crippen molar-refractivity contribution in [2.45, 2.75) is 58.5 Å². The lowest BCUT2D eigenvalue weighted by Gasteiger charge is -2.12. The Kier molecular flexibility index (Phi) is 8.18. The fourth-order valence-electron chi connectivity index (χ4n) is 3.37. The number of nitrogens with one attached hydrogen (secondary N) is 3. The van der Waals surface area contributed by atoms with E-state index in [1.165, 1.54) is 19.3 Å². The molecule has 0 spiro atoms. The fraction of sp³-hybridized carbons (Fsp3) is 0.600. The molecule has 0 bridgehead atoms. The van der Waals surface area contributed by atoms with Crippen molar-refractivity contribution >= 4 is 41.5 Å². The molecule has 1 aromatic carbocycles. The standard InChI is InChI=1S/C20H30N4O.HI/c1-3-21-20(24-18-11-14(18)2)22-13-15-7-6-10-17(12-15)23-19(25)16-8-4-5-9-16;/h6-7,10,12,14,16,18H,3-5,8-9,11,13H2,1-2H3,(H,23,25)(H2,21,22,24);1H. The SMILES string of the molecule is CCNC(=NCc1cccc(NC(=O)C2CCCC2)c1)NC1CC1C.I. The Bertz CT molecular complexity index is 628. The van der Waals surface area contributed by atoms with Crippen molar-refractivity contribution in [2.75, 3.05) is 11.9 Å². The first-order valence-electron chi connectivity index (χ1n) is 9.60. The summed E-state index contributed by atoms with van der Waals surface area (Å²) in [5, 5.41) is 9.83. The van der Waals surface area contributed by atoms with Crippen LogP contribution in [0, 0.1) is 11.8 Å². The second kappa shape index (κ2) is 10.1. The van der Waals surface area contributed by atoms with Crippen molar-refractivity contribution in [1.82, 2.24) is 10.6 Å². The number of nitrogens with zero attached hydrogens (tertiary/aromatic N) is 1. The largest absolute Gasteiger partial charge is 0.357 e. The van der Waals surface area contributed by atoms with E-state index < -0.39 is 0 Å². The Balaban J connectivity index is 0.00000243. The van der Waals surface area contributed by atoms with Crippen LogP contribution < -0.4 is 16.0 Å². The lowest BCUT2D eigenvalue weighted by atomic mass is 10.1.